The van der Waals surface area contributed by atoms with Gasteiger partial charge in [-0.15, -0.1) is 11.3 Å². The van der Waals surface area contributed by atoms with Gasteiger partial charge in [-0.25, -0.2) is 14.8 Å². The number of anilines is 1. The molecule has 0 saturated heterocycles. The van der Waals surface area contributed by atoms with Gasteiger partial charge in [-0.3, -0.25) is 14.2 Å². The summed E-state index contributed by atoms with van der Waals surface area (Å²) in [5.41, 5.74) is 0.235. The van der Waals surface area contributed by atoms with E-state index >= 15 is 0 Å². The SMILES string of the molecule is CCOC(=O)c1sc(NC(=O)Cn2c(C)nc3sc(C)cc3c2=O)nc1C. The van der Waals surface area contributed by atoms with E-state index in [2.05, 4.69) is 15.3 Å². The minimum absolute atomic E-state index is 0.185. The van der Waals surface area contributed by atoms with Gasteiger partial charge in [0.15, 0.2) is 5.13 Å². The summed E-state index contributed by atoms with van der Waals surface area (Å²) in [5.74, 6) is -0.424. The molecule has 0 radical (unpaired) electrons. The van der Waals surface area contributed by atoms with Gasteiger partial charge < -0.3 is 10.1 Å². The lowest BCUT2D eigenvalue weighted by atomic mass is 10.3. The minimum atomic E-state index is -0.470. The molecule has 27 heavy (non-hydrogen) atoms. The zero-order chi connectivity index (χ0) is 19.7. The fraction of sp³-hybridized carbons (Fsp3) is 0.353. The number of thiazole rings is 1. The van der Waals surface area contributed by atoms with Crippen LogP contribution in [-0.2, 0) is 16.1 Å². The first-order chi connectivity index (χ1) is 12.8. The van der Waals surface area contributed by atoms with Crippen molar-refractivity contribution in [1.82, 2.24) is 14.5 Å². The lowest BCUT2D eigenvalue weighted by Crippen LogP contribution is -2.29. The second kappa shape index (κ2) is 7.57. The molecule has 0 atom stereocenters. The van der Waals surface area contributed by atoms with E-state index in [9.17, 15) is 14.4 Å². The van der Waals surface area contributed by atoms with Gasteiger partial charge in [0.2, 0.25) is 5.91 Å². The van der Waals surface area contributed by atoms with Crippen molar-refractivity contribution in [2.45, 2.75) is 34.2 Å². The molecule has 142 valence electrons. The van der Waals surface area contributed by atoms with Crippen LogP contribution in [0.3, 0.4) is 0 Å². The highest BCUT2D eigenvalue weighted by atomic mass is 32.1. The van der Waals surface area contributed by atoms with Crippen molar-refractivity contribution in [2.75, 3.05) is 11.9 Å². The summed E-state index contributed by atoms with van der Waals surface area (Å²) in [7, 11) is 0. The number of thiophene rings is 1. The van der Waals surface area contributed by atoms with Gasteiger partial charge in [0.05, 0.1) is 17.7 Å². The standard InChI is InChI=1S/C17H18N4O4S2/c1-5-25-16(24)13-9(3)18-17(27-13)20-12(22)7-21-10(4)19-14-11(15(21)23)6-8(2)26-14/h6H,5,7H2,1-4H3,(H,18,20,22). The van der Waals surface area contributed by atoms with E-state index in [1.807, 2.05) is 6.92 Å². The maximum absolute atomic E-state index is 12.6. The quantitative estimate of drug-likeness (QED) is 0.654. The van der Waals surface area contributed by atoms with Gasteiger partial charge in [-0.2, -0.15) is 0 Å². The van der Waals surface area contributed by atoms with Crippen LogP contribution in [0.2, 0.25) is 0 Å². The second-order valence-corrected chi connectivity index (χ2v) is 8.06. The van der Waals surface area contributed by atoms with E-state index in [1.165, 1.54) is 15.9 Å². The molecule has 0 aliphatic heterocycles. The molecule has 0 fully saturated rings. The van der Waals surface area contributed by atoms with Gasteiger partial charge in [-0.1, -0.05) is 11.3 Å². The topological polar surface area (TPSA) is 103 Å². The molecular weight excluding hydrogens is 388 g/mol. The lowest BCUT2D eigenvalue weighted by molar-refractivity contribution is -0.116. The monoisotopic (exact) mass is 406 g/mol. The molecule has 0 saturated carbocycles. The van der Waals surface area contributed by atoms with Crippen molar-refractivity contribution in [2.24, 2.45) is 0 Å². The Balaban J connectivity index is 1.81. The van der Waals surface area contributed by atoms with E-state index in [4.69, 9.17) is 4.74 Å². The van der Waals surface area contributed by atoms with Crippen molar-refractivity contribution in [3.63, 3.8) is 0 Å². The van der Waals surface area contributed by atoms with Gasteiger partial charge >= 0.3 is 5.97 Å². The van der Waals surface area contributed by atoms with Crippen LogP contribution in [0.25, 0.3) is 10.2 Å². The summed E-state index contributed by atoms with van der Waals surface area (Å²) >= 11 is 2.49. The van der Waals surface area contributed by atoms with E-state index in [-0.39, 0.29) is 23.8 Å². The summed E-state index contributed by atoms with van der Waals surface area (Å²) in [5, 5.41) is 3.42. The second-order valence-electron chi connectivity index (χ2n) is 5.83. The minimum Gasteiger partial charge on any atom is -0.462 e. The first-order valence-corrected chi connectivity index (χ1v) is 9.85. The number of hydrogen-bond donors (Lipinski definition) is 1. The number of esters is 1. The average Bonchev–Trinajstić information content (AvgIpc) is 3.14. The number of amides is 1. The molecule has 0 aliphatic rings. The van der Waals surface area contributed by atoms with Crippen molar-refractivity contribution in [3.05, 3.63) is 37.7 Å². The van der Waals surface area contributed by atoms with Crippen LogP contribution in [0, 0.1) is 20.8 Å². The average molecular weight is 406 g/mol. The Kier molecular flexibility index (Phi) is 5.38. The predicted molar refractivity (Wildman–Crippen MR) is 105 cm³/mol. The third-order valence-corrected chi connectivity index (χ3v) is 5.77. The molecular formula is C17H18N4O4S2. The molecule has 0 aromatic carbocycles. The first kappa shape index (κ1) is 19.2. The number of ether oxygens (including phenoxy) is 1. The molecule has 8 nitrogen and oxygen atoms in total. The summed E-state index contributed by atoms with van der Waals surface area (Å²) in [6, 6.07) is 1.78. The highest BCUT2D eigenvalue weighted by Crippen LogP contribution is 2.24. The van der Waals surface area contributed by atoms with Gasteiger partial charge in [-0.05, 0) is 33.8 Å². The molecule has 1 N–H and O–H groups in total. The smallest absolute Gasteiger partial charge is 0.350 e. The molecule has 3 heterocycles. The van der Waals surface area contributed by atoms with Crippen LogP contribution in [0.4, 0.5) is 5.13 Å². The van der Waals surface area contributed by atoms with Crippen molar-refractivity contribution < 1.29 is 14.3 Å². The van der Waals surface area contributed by atoms with Gasteiger partial charge in [0, 0.05) is 4.88 Å². The third kappa shape index (κ3) is 3.91. The molecule has 0 unspecified atom stereocenters. The highest BCUT2D eigenvalue weighted by molar-refractivity contribution is 7.18. The molecule has 3 aromatic heterocycles. The van der Waals surface area contributed by atoms with E-state index in [0.717, 1.165) is 16.2 Å². The number of carbonyl (C=O) groups is 2. The Morgan fingerprint density at radius 1 is 1.22 bits per heavy atom. The number of hydrogen-bond acceptors (Lipinski definition) is 8. The highest BCUT2D eigenvalue weighted by Gasteiger charge is 2.19. The Labute approximate surface area is 162 Å². The maximum Gasteiger partial charge on any atom is 0.350 e. The zero-order valence-corrected chi connectivity index (χ0v) is 16.9. The number of fused-ring (bicyclic) bond motifs is 1. The maximum atomic E-state index is 12.6. The van der Waals surface area contributed by atoms with Crippen LogP contribution < -0.4 is 10.9 Å². The Morgan fingerprint density at radius 2 is 1.96 bits per heavy atom. The fourth-order valence-electron chi connectivity index (χ4n) is 2.56. The van der Waals surface area contributed by atoms with Crippen LogP contribution in [0.1, 0.15) is 33.0 Å². The number of carbonyl (C=O) groups excluding carboxylic acids is 2. The van der Waals surface area contributed by atoms with Crippen molar-refractivity contribution in [1.29, 1.82) is 0 Å². The summed E-state index contributed by atoms with van der Waals surface area (Å²) < 4.78 is 6.29. The Hall–Kier alpha value is -2.59. The fourth-order valence-corrected chi connectivity index (χ4v) is 4.35. The number of nitrogens with zero attached hydrogens (tertiary/aromatic N) is 3. The lowest BCUT2D eigenvalue weighted by Gasteiger charge is -2.08. The van der Waals surface area contributed by atoms with Crippen molar-refractivity contribution >= 4 is 49.9 Å². The number of nitrogens with one attached hydrogen (secondary N) is 1. The largest absolute Gasteiger partial charge is 0.462 e. The normalized spacial score (nSPS) is 11.0. The Morgan fingerprint density at radius 3 is 2.67 bits per heavy atom. The third-order valence-electron chi connectivity index (χ3n) is 3.77. The number of rotatable bonds is 5. The first-order valence-electron chi connectivity index (χ1n) is 8.22. The van der Waals surface area contributed by atoms with E-state index in [0.29, 0.717) is 26.6 Å². The summed E-state index contributed by atoms with van der Waals surface area (Å²) in [6.45, 7) is 7.06. The van der Waals surface area contributed by atoms with E-state index in [1.54, 1.807) is 26.8 Å². The van der Waals surface area contributed by atoms with Crippen LogP contribution in [0.5, 0.6) is 0 Å². The van der Waals surface area contributed by atoms with Gasteiger partial charge in [0.25, 0.3) is 5.56 Å². The molecule has 0 spiro atoms. The van der Waals surface area contributed by atoms with Crippen molar-refractivity contribution in [3.8, 4) is 0 Å². The molecule has 0 bridgehead atoms. The molecule has 10 heteroatoms. The van der Waals surface area contributed by atoms with Crippen LogP contribution >= 0.6 is 22.7 Å². The number of aromatic nitrogens is 3. The molecule has 1 amide bonds. The summed E-state index contributed by atoms with van der Waals surface area (Å²) in [4.78, 5) is 47.5. The predicted octanol–water partition coefficient (Wildman–Crippen LogP) is 2.66. The Bertz CT molecular complexity index is 1100. The van der Waals surface area contributed by atoms with Crippen LogP contribution in [0.15, 0.2) is 10.9 Å². The molecule has 3 aromatic rings. The van der Waals surface area contributed by atoms with Gasteiger partial charge in [0.1, 0.15) is 22.1 Å². The summed E-state index contributed by atoms with van der Waals surface area (Å²) in [6.07, 6.45) is 0. The number of aryl methyl sites for hydroxylation is 3. The van der Waals surface area contributed by atoms with Crippen LogP contribution in [-0.4, -0.2) is 33.0 Å². The van der Waals surface area contributed by atoms with E-state index < -0.39 is 11.9 Å². The molecule has 0 aliphatic carbocycles. The zero-order valence-electron chi connectivity index (χ0n) is 15.3. The molecule has 3 rings (SSSR count).